The molecule has 168 valence electrons. The first-order valence-corrected chi connectivity index (χ1v) is 11.2. The van der Waals surface area contributed by atoms with Crippen LogP contribution in [0, 0.1) is 0 Å². The van der Waals surface area contributed by atoms with E-state index >= 15 is 0 Å². The number of allylic oxidation sites excluding steroid dienone is 1. The molecule has 3 rings (SSSR count). The van der Waals surface area contributed by atoms with E-state index in [1.165, 1.54) is 0 Å². The lowest BCUT2D eigenvalue weighted by Gasteiger charge is -2.18. The molecule has 0 unspecified atom stereocenters. The second-order valence-corrected chi connectivity index (χ2v) is 7.65. The SMILES string of the molecule is CCN(CC)CCOc1ccc(/C(=C(/C)c2ccccc2)c2ccc(OC)c(O)c2)cc1. The van der Waals surface area contributed by atoms with Gasteiger partial charge < -0.3 is 19.5 Å². The normalized spacial score (nSPS) is 11.9. The topological polar surface area (TPSA) is 41.9 Å². The van der Waals surface area contributed by atoms with Crippen molar-refractivity contribution in [1.82, 2.24) is 4.90 Å². The highest BCUT2D eigenvalue weighted by Gasteiger charge is 2.13. The number of phenolic OH excluding ortho intramolecular Hbond substituents is 1. The Morgan fingerprint density at radius 3 is 2.09 bits per heavy atom. The molecule has 3 aromatic carbocycles. The Hall–Kier alpha value is -3.24. The summed E-state index contributed by atoms with van der Waals surface area (Å²) in [5.74, 6) is 1.44. The molecule has 0 heterocycles. The summed E-state index contributed by atoms with van der Waals surface area (Å²) in [7, 11) is 1.56. The number of benzene rings is 3. The van der Waals surface area contributed by atoms with Crippen molar-refractivity contribution in [2.75, 3.05) is 33.4 Å². The maximum atomic E-state index is 10.4. The van der Waals surface area contributed by atoms with E-state index in [1.807, 2.05) is 36.4 Å². The third-order valence-corrected chi connectivity index (χ3v) is 5.76. The fourth-order valence-corrected chi connectivity index (χ4v) is 3.83. The number of phenols is 1. The van der Waals surface area contributed by atoms with E-state index in [-0.39, 0.29) is 5.75 Å². The summed E-state index contributed by atoms with van der Waals surface area (Å²) in [4.78, 5) is 2.34. The van der Waals surface area contributed by atoms with Gasteiger partial charge in [-0.3, -0.25) is 0 Å². The fourth-order valence-electron chi connectivity index (χ4n) is 3.83. The number of methoxy groups -OCH3 is 1. The Kier molecular flexibility index (Phi) is 8.34. The molecule has 0 saturated carbocycles. The summed E-state index contributed by atoms with van der Waals surface area (Å²) in [6.45, 7) is 10.1. The number of nitrogens with zero attached hydrogens (tertiary/aromatic N) is 1. The molecule has 0 saturated heterocycles. The Morgan fingerprint density at radius 2 is 1.50 bits per heavy atom. The number of hydrogen-bond donors (Lipinski definition) is 1. The van der Waals surface area contributed by atoms with E-state index in [1.54, 1.807) is 19.2 Å². The first-order valence-electron chi connectivity index (χ1n) is 11.2. The predicted molar refractivity (Wildman–Crippen MR) is 132 cm³/mol. The van der Waals surface area contributed by atoms with Crippen molar-refractivity contribution < 1.29 is 14.6 Å². The van der Waals surface area contributed by atoms with Crippen LogP contribution in [0.25, 0.3) is 11.1 Å². The third-order valence-electron chi connectivity index (χ3n) is 5.76. The van der Waals surface area contributed by atoms with Crippen molar-refractivity contribution in [3.63, 3.8) is 0 Å². The van der Waals surface area contributed by atoms with Gasteiger partial charge in [0.05, 0.1) is 7.11 Å². The van der Waals surface area contributed by atoms with Crippen molar-refractivity contribution in [2.24, 2.45) is 0 Å². The van der Waals surface area contributed by atoms with E-state index in [2.05, 4.69) is 49.9 Å². The molecule has 0 bridgehead atoms. The molecule has 0 aliphatic rings. The molecule has 3 aromatic rings. The van der Waals surface area contributed by atoms with E-state index in [4.69, 9.17) is 9.47 Å². The maximum absolute atomic E-state index is 10.4. The number of aromatic hydroxyl groups is 1. The van der Waals surface area contributed by atoms with E-state index in [9.17, 15) is 5.11 Å². The average Bonchev–Trinajstić information content (AvgIpc) is 2.83. The number of hydrogen-bond acceptors (Lipinski definition) is 4. The van der Waals surface area contributed by atoms with Crippen molar-refractivity contribution in [3.05, 3.63) is 89.5 Å². The van der Waals surface area contributed by atoms with Gasteiger partial charge in [0.1, 0.15) is 12.4 Å². The van der Waals surface area contributed by atoms with Gasteiger partial charge >= 0.3 is 0 Å². The molecular weight excluding hydrogens is 398 g/mol. The number of ether oxygens (including phenoxy) is 2. The van der Waals surface area contributed by atoms with Gasteiger partial charge in [-0.2, -0.15) is 0 Å². The number of rotatable bonds is 10. The molecule has 0 aliphatic carbocycles. The summed E-state index contributed by atoms with van der Waals surface area (Å²) in [5.41, 5.74) is 5.32. The molecule has 0 fully saturated rings. The maximum Gasteiger partial charge on any atom is 0.160 e. The fraction of sp³-hybridized carbons (Fsp3) is 0.286. The molecule has 0 radical (unpaired) electrons. The summed E-state index contributed by atoms with van der Waals surface area (Å²) in [5, 5.41) is 10.4. The molecular formula is C28H33NO3. The minimum Gasteiger partial charge on any atom is -0.504 e. The molecule has 0 amide bonds. The highest BCUT2D eigenvalue weighted by molar-refractivity contribution is 5.98. The van der Waals surface area contributed by atoms with E-state index in [0.29, 0.717) is 12.4 Å². The Morgan fingerprint density at radius 1 is 0.844 bits per heavy atom. The lowest BCUT2D eigenvalue weighted by Crippen LogP contribution is -2.27. The summed E-state index contributed by atoms with van der Waals surface area (Å²) in [6.07, 6.45) is 0. The van der Waals surface area contributed by atoms with Crippen LogP contribution in [0.15, 0.2) is 72.8 Å². The molecule has 4 heteroatoms. The zero-order valence-electron chi connectivity index (χ0n) is 19.5. The Balaban J connectivity index is 1.93. The van der Waals surface area contributed by atoms with Gasteiger partial charge in [-0.05, 0) is 72.1 Å². The molecule has 1 N–H and O–H groups in total. The van der Waals surface area contributed by atoms with Crippen molar-refractivity contribution >= 4 is 11.1 Å². The monoisotopic (exact) mass is 431 g/mol. The first kappa shape index (κ1) is 23.4. The predicted octanol–water partition coefficient (Wildman–Crippen LogP) is 6.10. The molecule has 0 aliphatic heterocycles. The highest BCUT2D eigenvalue weighted by atomic mass is 16.5. The third kappa shape index (κ3) is 5.71. The molecule has 32 heavy (non-hydrogen) atoms. The van der Waals surface area contributed by atoms with Crippen molar-refractivity contribution in [3.8, 4) is 17.2 Å². The smallest absolute Gasteiger partial charge is 0.160 e. The summed E-state index contributed by atoms with van der Waals surface area (Å²) in [6, 6.07) is 24.0. The Labute approximate surface area is 191 Å². The van der Waals surface area contributed by atoms with E-state index in [0.717, 1.165) is 53.2 Å². The highest BCUT2D eigenvalue weighted by Crippen LogP contribution is 2.36. The second-order valence-electron chi connectivity index (χ2n) is 7.65. The summed E-state index contributed by atoms with van der Waals surface area (Å²) >= 11 is 0. The molecule has 0 atom stereocenters. The van der Waals surface area contributed by atoms with Crippen LogP contribution in [-0.4, -0.2) is 43.4 Å². The minimum absolute atomic E-state index is 0.125. The van der Waals surface area contributed by atoms with Crippen LogP contribution in [0.3, 0.4) is 0 Å². The lowest BCUT2D eigenvalue weighted by atomic mass is 9.90. The lowest BCUT2D eigenvalue weighted by molar-refractivity contribution is 0.223. The van der Waals surface area contributed by atoms with Crippen LogP contribution in [0.1, 0.15) is 37.5 Å². The van der Waals surface area contributed by atoms with Crippen LogP contribution < -0.4 is 9.47 Å². The van der Waals surface area contributed by atoms with Gasteiger partial charge in [0.25, 0.3) is 0 Å². The molecule has 4 nitrogen and oxygen atoms in total. The second kappa shape index (κ2) is 11.4. The standard InChI is InChI=1S/C28H33NO3/c1-5-29(6-2)18-19-32-25-15-12-23(13-16-25)28(21(3)22-10-8-7-9-11-22)24-14-17-27(31-4)26(30)20-24/h7-17,20,30H,5-6,18-19H2,1-4H3/b28-21+. The molecule has 0 aromatic heterocycles. The quantitative estimate of drug-likeness (QED) is 0.394. The van der Waals surface area contributed by atoms with Crippen LogP contribution >= 0.6 is 0 Å². The van der Waals surface area contributed by atoms with Crippen molar-refractivity contribution in [1.29, 1.82) is 0 Å². The van der Waals surface area contributed by atoms with Crippen LogP contribution in [0.5, 0.6) is 17.2 Å². The minimum atomic E-state index is 0.125. The first-order chi connectivity index (χ1) is 15.6. The van der Waals surface area contributed by atoms with Gasteiger partial charge in [0, 0.05) is 6.54 Å². The van der Waals surface area contributed by atoms with Crippen molar-refractivity contribution in [2.45, 2.75) is 20.8 Å². The Bertz CT molecular complexity index is 1020. The van der Waals surface area contributed by atoms with Gasteiger partial charge in [0.2, 0.25) is 0 Å². The van der Waals surface area contributed by atoms with Gasteiger partial charge in [-0.15, -0.1) is 0 Å². The summed E-state index contributed by atoms with van der Waals surface area (Å²) < 4.78 is 11.2. The van der Waals surface area contributed by atoms with Gasteiger partial charge in [0.15, 0.2) is 11.5 Å². The average molecular weight is 432 g/mol. The zero-order chi connectivity index (χ0) is 22.9. The van der Waals surface area contributed by atoms with Gasteiger partial charge in [-0.1, -0.05) is 62.4 Å². The number of likely N-dealkylation sites (N-methyl/N-ethyl adjacent to an activating group) is 1. The molecule has 0 spiro atoms. The van der Waals surface area contributed by atoms with Crippen LogP contribution in [0.2, 0.25) is 0 Å². The largest absolute Gasteiger partial charge is 0.504 e. The van der Waals surface area contributed by atoms with Gasteiger partial charge in [-0.25, -0.2) is 0 Å². The van der Waals surface area contributed by atoms with Crippen LogP contribution in [-0.2, 0) is 0 Å². The zero-order valence-corrected chi connectivity index (χ0v) is 19.5. The van der Waals surface area contributed by atoms with Crippen LogP contribution in [0.4, 0.5) is 0 Å². The van der Waals surface area contributed by atoms with E-state index < -0.39 is 0 Å².